The Bertz CT molecular complexity index is 1630. The third kappa shape index (κ3) is 5.31. The van der Waals surface area contributed by atoms with E-state index in [0.29, 0.717) is 39.1 Å². The first kappa shape index (κ1) is 26.0. The summed E-state index contributed by atoms with van der Waals surface area (Å²) in [6.07, 6.45) is 1.57. The molecule has 0 N–H and O–H groups in total. The van der Waals surface area contributed by atoms with Gasteiger partial charge in [0.05, 0.1) is 24.3 Å². The van der Waals surface area contributed by atoms with Gasteiger partial charge in [-0.15, -0.1) is 11.3 Å². The second-order valence-corrected chi connectivity index (χ2v) is 10.3. The number of cyclic esters (lactones) is 1. The summed E-state index contributed by atoms with van der Waals surface area (Å²) in [5.41, 5.74) is 1.09. The summed E-state index contributed by atoms with van der Waals surface area (Å²) in [7, 11) is 1.55. The number of thiophene rings is 1. The van der Waals surface area contributed by atoms with Gasteiger partial charge in [-0.05, 0) is 67.1 Å². The Morgan fingerprint density at radius 2 is 1.89 bits per heavy atom. The molecule has 0 unspecified atom stereocenters. The third-order valence-electron chi connectivity index (χ3n) is 5.51. The van der Waals surface area contributed by atoms with Gasteiger partial charge in [0, 0.05) is 14.6 Å². The highest BCUT2D eigenvalue weighted by Gasteiger charge is 2.28. The Kier molecular flexibility index (Phi) is 7.51. The normalized spacial score (nSPS) is 13.9. The van der Waals surface area contributed by atoms with Crippen LogP contribution < -0.4 is 14.2 Å². The summed E-state index contributed by atoms with van der Waals surface area (Å²) in [4.78, 5) is 30.2. The lowest BCUT2D eigenvalue weighted by Gasteiger charge is -2.11. The zero-order chi connectivity index (χ0) is 26.8. The fourth-order valence-corrected chi connectivity index (χ4v) is 5.68. The van der Waals surface area contributed by atoms with E-state index >= 15 is 0 Å². The average Bonchev–Trinajstić information content (AvgIpc) is 3.44. The molecule has 0 bridgehead atoms. The number of fused-ring (bicyclic) bond motifs is 1. The Morgan fingerprint density at radius 1 is 1.11 bits per heavy atom. The van der Waals surface area contributed by atoms with Crippen LogP contribution in [0.3, 0.4) is 0 Å². The van der Waals surface area contributed by atoms with E-state index in [1.807, 2.05) is 25.1 Å². The van der Waals surface area contributed by atoms with Crippen molar-refractivity contribution in [2.45, 2.75) is 6.92 Å². The van der Waals surface area contributed by atoms with Crippen LogP contribution in [0.15, 0.2) is 75.8 Å². The van der Waals surface area contributed by atoms with E-state index in [2.05, 4.69) is 20.9 Å². The van der Waals surface area contributed by atoms with Gasteiger partial charge >= 0.3 is 11.9 Å². The van der Waals surface area contributed by atoms with Gasteiger partial charge in [0.1, 0.15) is 10.6 Å². The monoisotopic (exact) mass is 611 g/mol. The van der Waals surface area contributed by atoms with Crippen LogP contribution in [0.25, 0.3) is 16.2 Å². The number of carbonyl (C=O) groups is 2. The number of aliphatic imine (C=N–C) groups is 1. The maximum absolute atomic E-state index is 12.6. The van der Waals surface area contributed by atoms with Crippen molar-refractivity contribution in [3.05, 3.63) is 91.9 Å². The molecule has 192 valence electrons. The van der Waals surface area contributed by atoms with Crippen LogP contribution in [-0.4, -0.2) is 31.6 Å². The molecule has 0 atom stereocenters. The maximum Gasteiger partial charge on any atom is 0.363 e. The number of esters is 2. The number of nitrogens with zero attached hydrogens (tertiary/aromatic N) is 1. The van der Waals surface area contributed by atoms with Crippen LogP contribution in [0.4, 0.5) is 0 Å². The number of benzene rings is 3. The predicted octanol–water partition coefficient (Wildman–Crippen LogP) is 7.29. The quantitative estimate of drug-likeness (QED) is 0.124. The first-order valence-electron chi connectivity index (χ1n) is 11.4. The van der Waals surface area contributed by atoms with Crippen molar-refractivity contribution in [2.75, 3.05) is 13.7 Å². The molecular formula is C28H19BrClNO6S. The third-order valence-corrected chi connectivity index (χ3v) is 7.64. The summed E-state index contributed by atoms with van der Waals surface area (Å²) in [5.74, 6) is 0.239. The van der Waals surface area contributed by atoms with Crippen molar-refractivity contribution < 1.29 is 28.5 Å². The number of hydrogen-bond donors (Lipinski definition) is 0. The second-order valence-electron chi connectivity index (χ2n) is 7.98. The number of hydrogen-bond acceptors (Lipinski definition) is 8. The van der Waals surface area contributed by atoms with Gasteiger partial charge in [-0.3, -0.25) is 0 Å². The average molecular weight is 613 g/mol. The summed E-state index contributed by atoms with van der Waals surface area (Å²) in [5, 5.41) is 1.33. The van der Waals surface area contributed by atoms with Gasteiger partial charge in [-0.25, -0.2) is 14.6 Å². The Morgan fingerprint density at radius 3 is 2.63 bits per heavy atom. The molecular weight excluding hydrogens is 594 g/mol. The molecule has 1 aromatic heterocycles. The highest BCUT2D eigenvalue weighted by Crippen LogP contribution is 2.39. The van der Waals surface area contributed by atoms with Crippen LogP contribution in [0.2, 0.25) is 5.02 Å². The molecule has 4 aromatic rings. The minimum Gasteiger partial charge on any atom is -0.497 e. The topological polar surface area (TPSA) is 83.4 Å². The van der Waals surface area contributed by atoms with Crippen molar-refractivity contribution in [1.29, 1.82) is 0 Å². The minimum atomic E-state index is -0.595. The highest BCUT2D eigenvalue weighted by molar-refractivity contribution is 9.10. The lowest BCUT2D eigenvalue weighted by Crippen LogP contribution is -2.09. The number of ether oxygens (including phenoxy) is 4. The van der Waals surface area contributed by atoms with Crippen LogP contribution in [0.1, 0.15) is 27.7 Å². The molecule has 1 aliphatic heterocycles. The van der Waals surface area contributed by atoms with Crippen molar-refractivity contribution in [2.24, 2.45) is 4.99 Å². The van der Waals surface area contributed by atoms with Crippen LogP contribution in [0, 0.1) is 0 Å². The summed E-state index contributed by atoms with van der Waals surface area (Å²) >= 11 is 11.4. The Labute approximate surface area is 235 Å². The summed E-state index contributed by atoms with van der Waals surface area (Å²) < 4.78 is 23.7. The summed E-state index contributed by atoms with van der Waals surface area (Å²) in [6.45, 7) is 2.16. The molecule has 10 heteroatoms. The molecule has 0 saturated heterocycles. The molecule has 7 nitrogen and oxygen atoms in total. The number of methoxy groups -OCH3 is 1. The van der Waals surface area contributed by atoms with E-state index in [1.165, 1.54) is 11.3 Å². The molecule has 38 heavy (non-hydrogen) atoms. The van der Waals surface area contributed by atoms with Gasteiger partial charge in [0.15, 0.2) is 17.2 Å². The molecule has 2 heterocycles. The lowest BCUT2D eigenvalue weighted by molar-refractivity contribution is -0.129. The van der Waals surface area contributed by atoms with E-state index in [0.717, 1.165) is 14.6 Å². The maximum atomic E-state index is 12.6. The fraction of sp³-hybridized carbons (Fsp3) is 0.107. The van der Waals surface area contributed by atoms with Crippen molar-refractivity contribution in [3.63, 3.8) is 0 Å². The minimum absolute atomic E-state index is 0.111. The summed E-state index contributed by atoms with van der Waals surface area (Å²) in [6, 6.07) is 17.3. The van der Waals surface area contributed by atoms with Crippen molar-refractivity contribution in [3.8, 4) is 17.2 Å². The largest absolute Gasteiger partial charge is 0.497 e. The van der Waals surface area contributed by atoms with Gasteiger partial charge < -0.3 is 18.9 Å². The van der Waals surface area contributed by atoms with Crippen molar-refractivity contribution >= 4 is 72.9 Å². The number of rotatable bonds is 7. The Balaban J connectivity index is 1.41. The molecule has 0 amide bonds. The molecule has 0 radical (unpaired) electrons. The molecule has 5 rings (SSSR count). The van der Waals surface area contributed by atoms with Gasteiger partial charge in [-0.1, -0.05) is 39.7 Å². The molecule has 1 aliphatic rings. The van der Waals surface area contributed by atoms with E-state index < -0.39 is 11.9 Å². The van der Waals surface area contributed by atoms with Gasteiger partial charge in [0.25, 0.3) is 0 Å². The zero-order valence-electron chi connectivity index (χ0n) is 20.1. The van der Waals surface area contributed by atoms with Crippen LogP contribution in [-0.2, 0) is 9.53 Å². The number of halogens is 2. The van der Waals surface area contributed by atoms with E-state index in [1.54, 1.807) is 55.7 Å². The SMILES string of the molecule is CCOc1cc(/C=C2/N=C(c3sc4cc(Br)ccc4c3Cl)OC2=O)ccc1OC(=O)c1ccc(OC)cc1. The zero-order valence-corrected chi connectivity index (χ0v) is 23.3. The van der Waals surface area contributed by atoms with E-state index in [9.17, 15) is 9.59 Å². The van der Waals surface area contributed by atoms with Crippen LogP contribution >= 0.6 is 38.9 Å². The molecule has 0 spiro atoms. The molecule has 0 aliphatic carbocycles. The second kappa shape index (κ2) is 11.0. The van der Waals surface area contributed by atoms with Gasteiger partial charge in [0.2, 0.25) is 5.90 Å². The van der Waals surface area contributed by atoms with E-state index in [-0.39, 0.29) is 17.3 Å². The molecule has 3 aromatic carbocycles. The number of carbonyl (C=O) groups excluding carboxylic acids is 2. The lowest BCUT2D eigenvalue weighted by atomic mass is 10.1. The molecule has 0 saturated carbocycles. The first-order chi connectivity index (χ1) is 18.4. The van der Waals surface area contributed by atoms with Crippen molar-refractivity contribution in [1.82, 2.24) is 0 Å². The highest BCUT2D eigenvalue weighted by atomic mass is 79.9. The first-order valence-corrected chi connectivity index (χ1v) is 13.4. The fourth-order valence-electron chi connectivity index (χ4n) is 3.69. The van der Waals surface area contributed by atoms with Gasteiger partial charge in [-0.2, -0.15) is 0 Å². The molecule has 0 fully saturated rings. The standard InChI is InChI=1S/C28H19BrClNO6S/c1-3-35-22-13-15(4-11-21(22)36-27(32)16-5-8-18(34-2)9-6-16)12-20-28(33)37-26(31-20)25-24(30)19-10-7-17(29)14-23(19)38-25/h4-14H,3H2,1-2H3/b20-12+. The predicted molar refractivity (Wildman–Crippen MR) is 151 cm³/mol. The van der Waals surface area contributed by atoms with Crippen LogP contribution in [0.5, 0.6) is 17.2 Å². The van der Waals surface area contributed by atoms with E-state index in [4.69, 9.17) is 30.5 Å². The smallest absolute Gasteiger partial charge is 0.363 e. The Hall–Kier alpha value is -3.66.